The molecular formula is C15H12F3N3O. The maximum absolute atomic E-state index is 13.4. The molecule has 1 aliphatic heterocycles. The number of rotatable bonds is 2. The van der Waals surface area contributed by atoms with Gasteiger partial charge in [-0.2, -0.15) is 18.3 Å². The number of hydrogen-bond acceptors (Lipinski definition) is 4. The molecule has 0 radical (unpaired) electrons. The number of aromatic nitrogens is 1. The Kier molecular flexibility index (Phi) is 3.37. The lowest BCUT2D eigenvalue weighted by atomic mass is 10.0. The molecule has 1 aliphatic rings. The Morgan fingerprint density at radius 3 is 2.32 bits per heavy atom. The fraction of sp³-hybridized carbons (Fsp3) is 0.200. The second-order valence-corrected chi connectivity index (χ2v) is 4.90. The topological polar surface area (TPSA) is 48.7 Å². The van der Waals surface area contributed by atoms with Crippen LogP contribution in [0.5, 0.6) is 0 Å². The number of halogens is 3. The molecule has 0 amide bonds. The molecular weight excluding hydrogens is 295 g/mol. The standard InChI is InChI=1S/C15H12F3N3O/c16-15(17,18)14(22)10-12(11-6-2-1-3-7-11)20-21(14)13-8-4-5-9-19-13/h1-9,22H,10H2/t14-/m0/s1. The van der Waals surface area contributed by atoms with Crippen LogP contribution in [0.4, 0.5) is 19.0 Å². The number of hydrazone groups is 1. The van der Waals surface area contributed by atoms with Gasteiger partial charge in [-0.25, -0.2) is 9.99 Å². The summed E-state index contributed by atoms with van der Waals surface area (Å²) in [5.41, 5.74) is -2.42. The van der Waals surface area contributed by atoms with Crippen LogP contribution >= 0.6 is 0 Å². The molecule has 2 aromatic rings. The van der Waals surface area contributed by atoms with Gasteiger partial charge in [0.15, 0.2) is 5.82 Å². The van der Waals surface area contributed by atoms with Crippen LogP contribution in [0, 0.1) is 0 Å². The quantitative estimate of drug-likeness (QED) is 0.928. The number of pyridine rings is 1. The molecule has 0 unspecified atom stereocenters. The van der Waals surface area contributed by atoms with Crippen LogP contribution in [-0.2, 0) is 0 Å². The molecule has 1 atom stereocenters. The molecule has 0 spiro atoms. The van der Waals surface area contributed by atoms with Crippen LogP contribution in [-0.4, -0.2) is 27.7 Å². The Hall–Kier alpha value is -2.41. The molecule has 114 valence electrons. The van der Waals surface area contributed by atoms with Crippen molar-refractivity contribution in [1.82, 2.24) is 4.98 Å². The number of anilines is 1. The summed E-state index contributed by atoms with van der Waals surface area (Å²) in [5.74, 6) is -0.0618. The summed E-state index contributed by atoms with van der Waals surface area (Å²) in [5, 5.41) is 14.7. The minimum absolute atomic E-state index is 0.0618. The third-order valence-corrected chi connectivity index (χ3v) is 3.41. The van der Waals surface area contributed by atoms with Gasteiger partial charge in [-0.1, -0.05) is 36.4 Å². The molecule has 0 saturated heterocycles. The molecule has 1 aromatic carbocycles. The summed E-state index contributed by atoms with van der Waals surface area (Å²) in [4.78, 5) is 3.86. The van der Waals surface area contributed by atoms with E-state index in [-0.39, 0.29) is 11.5 Å². The van der Waals surface area contributed by atoms with Crippen LogP contribution in [0.15, 0.2) is 59.8 Å². The van der Waals surface area contributed by atoms with E-state index in [4.69, 9.17) is 0 Å². The summed E-state index contributed by atoms with van der Waals surface area (Å²) in [7, 11) is 0. The van der Waals surface area contributed by atoms with E-state index >= 15 is 0 Å². The minimum Gasteiger partial charge on any atom is -0.362 e. The lowest BCUT2D eigenvalue weighted by Gasteiger charge is -2.33. The second-order valence-electron chi connectivity index (χ2n) is 4.90. The molecule has 2 heterocycles. The first-order valence-corrected chi connectivity index (χ1v) is 6.55. The van der Waals surface area contributed by atoms with Crippen LogP contribution in [0.2, 0.25) is 0 Å². The predicted octanol–water partition coefficient (Wildman–Crippen LogP) is 2.95. The summed E-state index contributed by atoms with van der Waals surface area (Å²) in [6.45, 7) is 0. The van der Waals surface area contributed by atoms with E-state index in [9.17, 15) is 18.3 Å². The molecule has 7 heteroatoms. The van der Waals surface area contributed by atoms with Crippen molar-refractivity contribution in [3.63, 3.8) is 0 Å². The van der Waals surface area contributed by atoms with Crippen molar-refractivity contribution in [2.24, 2.45) is 5.10 Å². The van der Waals surface area contributed by atoms with Gasteiger partial charge in [0.05, 0.1) is 12.1 Å². The van der Waals surface area contributed by atoms with Crippen molar-refractivity contribution in [2.45, 2.75) is 18.3 Å². The molecule has 0 aliphatic carbocycles. The average Bonchev–Trinajstić information content (AvgIpc) is 2.88. The Balaban J connectivity index is 2.07. The highest BCUT2D eigenvalue weighted by atomic mass is 19.4. The van der Waals surface area contributed by atoms with Crippen molar-refractivity contribution in [3.05, 3.63) is 60.3 Å². The van der Waals surface area contributed by atoms with E-state index in [0.29, 0.717) is 10.6 Å². The molecule has 3 rings (SSSR count). The van der Waals surface area contributed by atoms with Gasteiger partial charge in [-0.05, 0) is 17.7 Å². The Bertz CT molecular complexity index is 688. The van der Waals surface area contributed by atoms with Crippen LogP contribution in [0.25, 0.3) is 0 Å². The lowest BCUT2D eigenvalue weighted by Crippen LogP contribution is -2.55. The first-order chi connectivity index (χ1) is 10.4. The van der Waals surface area contributed by atoms with Crippen molar-refractivity contribution >= 4 is 11.5 Å². The average molecular weight is 307 g/mol. The van der Waals surface area contributed by atoms with E-state index in [1.807, 2.05) is 0 Å². The van der Waals surface area contributed by atoms with Gasteiger partial charge < -0.3 is 5.11 Å². The van der Waals surface area contributed by atoms with Crippen LogP contribution < -0.4 is 5.01 Å². The van der Waals surface area contributed by atoms with E-state index in [0.717, 1.165) is 0 Å². The zero-order valence-corrected chi connectivity index (χ0v) is 11.3. The maximum Gasteiger partial charge on any atom is 0.438 e. The maximum atomic E-state index is 13.4. The zero-order chi connectivity index (χ0) is 15.8. The van der Waals surface area contributed by atoms with Gasteiger partial charge in [-0.3, -0.25) is 0 Å². The van der Waals surface area contributed by atoms with Gasteiger partial charge in [0.25, 0.3) is 5.72 Å². The largest absolute Gasteiger partial charge is 0.438 e. The zero-order valence-electron chi connectivity index (χ0n) is 11.3. The summed E-state index contributed by atoms with van der Waals surface area (Å²) >= 11 is 0. The molecule has 0 saturated carbocycles. The molecule has 4 nitrogen and oxygen atoms in total. The van der Waals surface area contributed by atoms with E-state index < -0.39 is 18.3 Å². The molecule has 1 N–H and O–H groups in total. The highest BCUT2D eigenvalue weighted by Crippen LogP contribution is 2.42. The van der Waals surface area contributed by atoms with Crippen molar-refractivity contribution in [2.75, 3.05) is 5.01 Å². The van der Waals surface area contributed by atoms with Crippen molar-refractivity contribution in [1.29, 1.82) is 0 Å². The van der Waals surface area contributed by atoms with E-state index in [2.05, 4.69) is 10.1 Å². The summed E-state index contributed by atoms with van der Waals surface area (Å²) in [6, 6.07) is 12.9. The minimum atomic E-state index is -4.87. The number of hydrogen-bond donors (Lipinski definition) is 1. The van der Waals surface area contributed by atoms with Crippen LogP contribution in [0.1, 0.15) is 12.0 Å². The summed E-state index contributed by atoms with van der Waals surface area (Å²) in [6.07, 6.45) is -4.18. The predicted molar refractivity (Wildman–Crippen MR) is 75.3 cm³/mol. The highest BCUT2D eigenvalue weighted by Gasteiger charge is 2.62. The first-order valence-electron chi connectivity index (χ1n) is 6.55. The SMILES string of the molecule is O[C@]1(C(F)(F)F)CC(c2ccccc2)=NN1c1ccccn1. The fourth-order valence-corrected chi connectivity index (χ4v) is 2.28. The van der Waals surface area contributed by atoms with Gasteiger partial charge in [0, 0.05) is 6.20 Å². The van der Waals surface area contributed by atoms with Crippen LogP contribution in [0.3, 0.4) is 0 Å². The van der Waals surface area contributed by atoms with E-state index in [1.54, 1.807) is 36.4 Å². The Labute approximate surface area is 124 Å². The third kappa shape index (κ3) is 2.33. The Morgan fingerprint density at radius 1 is 1.05 bits per heavy atom. The first kappa shape index (κ1) is 14.5. The van der Waals surface area contributed by atoms with Gasteiger partial charge >= 0.3 is 6.18 Å². The number of nitrogens with zero attached hydrogens (tertiary/aromatic N) is 3. The van der Waals surface area contributed by atoms with Crippen molar-refractivity contribution < 1.29 is 18.3 Å². The summed E-state index contributed by atoms with van der Waals surface area (Å²) < 4.78 is 40.1. The molecule has 0 bridgehead atoms. The second kappa shape index (κ2) is 5.10. The fourth-order valence-electron chi connectivity index (χ4n) is 2.28. The lowest BCUT2D eigenvalue weighted by molar-refractivity contribution is -0.254. The van der Waals surface area contributed by atoms with Gasteiger partial charge in [-0.15, -0.1) is 0 Å². The molecule has 0 fully saturated rings. The third-order valence-electron chi connectivity index (χ3n) is 3.41. The van der Waals surface area contributed by atoms with Crippen molar-refractivity contribution in [3.8, 4) is 0 Å². The molecule has 1 aromatic heterocycles. The molecule has 22 heavy (non-hydrogen) atoms. The number of benzene rings is 1. The Morgan fingerprint density at radius 2 is 1.73 bits per heavy atom. The smallest absolute Gasteiger partial charge is 0.362 e. The highest BCUT2D eigenvalue weighted by molar-refractivity contribution is 6.03. The number of aliphatic hydroxyl groups is 1. The van der Waals surface area contributed by atoms with Gasteiger partial charge in [0.1, 0.15) is 0 Å². The van der Waals surface area contributed by atoms with E-state index in [1.165, 1.54) is 18.3 Å². The normalized spacial score (nSPS) is 21.8. The van der Waals surface area contributed by atoms with Gasteiger partial charge in [0.2, 0.25) is 0 Å². The monoisotopic (exact) mass is 307 g/mol. The number of alkyl halides is 3.